The van der Waals surface area contributed by atoms with E-state index in [1.807, 2.05) is 61.5 Å². The number of carbonyl (C=O) groups excluding carboxylic acids is 1. The van der Waals surface area contributed by atoms with E-state index < -0.39 is 28.8 Å². The molecule has 0 amide bonds. The second-order valence-electron chi connectivity index (χ2n) is 18.0. The molecule has 0 fully saturated rings. The molecule has 1 N–H and O–H groups in total. The van der Waals surface area contributed by atoms with Gasteiger partial charge in [0.2, 0.25) is 0 Å². The number of aliphatic hydroxyl groups is 1. The summed E-state index contributed by atoms with van der Waals surface area (Å²) in [5.74, 6) is 6.95. The van der Waals surface area contributed by atoms with Crippen LogP contribution >= 0.6 is 0 Å². The zero-order chi connectivity index (χ0) is 46.4. The summed E-state index contributed by atoms with van der Waals surface area (Å²) in [6.45, 7) is 17.2. The molecule has 8 nitrogen and oxygen atoms in total. The van der Waals surface area contributed by atoms with E-state index in [0.717, 1.165) is 35.0 Å². The quantitative estimate of drug-likeness (QED) is 0.0342. The third-order valence-electron chi connectivity index (χ3n) is 12.6. The van der Waals surface area contributed by atoms with Crippen LogP contribution in [0.1, 0.15) is 91.7 Å². The number of Topliss-reactive ketones (excluding diaryl/α,β-unsaturated/α-hetero) is 1. The summed E-state index contributed by atoms with van der Waals surface area (Å²) in [6.07, 6.45) is -0.000161. The lowest BCUT2D eigenvalue weighted by Crippen LogP contribution is -2.67. The minimum Gasteiger partial charge on any atom is -0.497 e. The topological polar surface area (TPSA) is 92.7 Å². The number of aliphatic hydroxyl groups excluding tert-OH is 1. The van der Waals surface area contributed by atoms with Gasteiger partial charge in [-0.15, -0.1) is 11.8 Å². The molecule has 0 saturated carbocycles. The fourth-order valence-electron chi connectivity index (χ4n) is 8.38. The molecule has 0 bridgehead atoms. The van der Waals surface area contributed by atoms with Gasteiger partial charge in [0.15, 0.2) is 8.32 Å². The van der Waals surface area contributed by atoms with Crippen molar-refractivity contribution in [1.29, 1.82) is 0 Å². The van der Waals surface area contributed by atoms with Crippen LogP contribution in [0.2, 0.25) is 23.2 Å². The Morgan fingerprint density at radius 3 is 1.80 bits per heavy atom. The predicted octanol–water partition coefficient (Wildman–Crippen LogP) is 10.3. The molecule has 5 atom stereocenters. The van der Waals surface area contributed by atoms with E-state index in [2.05, 4.69) is 114 Å². The first-order valence-electron chi connectivity index (χ1n) is 23.3. The summed E-state index contributed by atoms with van der Waals surface area (Å²) in [7, 11) is -1.46. The highest BCUT2D eigenvalue weighted by Gasteiger charge is 2.50. The van der Waals surface area contributed by atoms with Crippen molar-refractivity contribution in [3.8, 4) is 17.6 Å². The molecule has 0 saturated heterocycles. The number of methoxy groups -OCH3 is 2. The van der Waals surface area contributed by atoms with E-state index in [9.17, 15) is 9.90 Å². The smallest absolute Gasteiger partial charge is 0.261 e. The molecule has 4 aromatic rings. The Labute approximate surface area is 387 Å². The lowest BCUT2D eigenvalue weighted by molar-refractivity contribution is -0.128. The van der Waals surface area contributed by atoms with Crippen molar-refractivity contribution >= 4 is 32.8 Å². The molecule has 4 aromatic carbocycles. The van der Waals surface area contributed by atoms with Crippen LogP contribution in [0.5, 0.6) is 5.75 Å². The average Bonchev–Trinajstić information content (AvgIpc) is 3.32. The van der Waals surface area contributed by atoms with Crippen molar-refractivity contribution in [3.63, 3.8) is 0 Å². The number of ether oxygens (including phenoxy) is 4. The number of rotatable bonds is 28. The Balaban J connectivity index is 1.42. The van der Waals surface area contributed by atoms with Gasteiger partial charge in [-0.25, -0.2) is 0 Å². The largest absolute Gasteiger partial charge is 0.497 e. The molecule has 0 aliphatic rings. The molecule has 0 aliphatic heterocycles. The maximum atomic E-state index is 13.5. The first-order chi connectivity index (χ1) is 30.8. The molecule has 0 radical (unpaired) electrons. The van der Waals surface area contributed by atoms with E-state index in [4.69, 9.17) is 27.8 Å². The van der Waals surface area contributed by atoms with Gasteiger partial charge in [-0.1, -0.05) is 152 Å². The van der Waals surface area contributed by atoms with Crippen LogP contribution in [-0.2, 0) is 41.1 Å². The van der Waals surface area contributed by atoms with Gasteiger partial charge in [-0.3, -0.25) is 4.79 Å². The number of benzene rings is 4. The van der Waals surface area contributed by atoms with Crippen molar-refractivity contribution in [2.24, 2.45) is 5.92 Å². The lowest BCUT2D eigenvalue weighted by Gasteiger charge is -2.44. The lowest BCUT2D eigenvalue weighted by atomic mass is 9.95. The molecule has 348 valence electrons. The molecule has 4 rings (SSSR count). The molecule has 0 heterocycles. The van der Waals surface area contributed by atoms with Crippen LogP contribution in [0.3, 0.4) is 0 Å². The Morgan fingerprint density at radius 2 is 1.27 bits per heavy atom. The average molecular weight is 909 g/mol. The summed E-state index contributed by atoms with van der Waals surface area (Å²) in [5, 5.41) is 13.7. The molecule has 0 aromatic heterocycles. The van der Waals surface area contributed by atoms with Crippen molar-refractivity contribution in [1.82, 2.24) is 0 Å². The third-order valence-corrected chi connectivity index (χ3v) is 22.3. The maximum Gasteiger partial charge on any atom is 0.261 e. The Hall–Kier alpha value is -3.90. The first-order valence-corrected chi connectivity index (χ1v) is 27.8. The van der Waals surface area contributed by atoms with Crippen LogP contribution in [-0.4, -0.2) is 79.4 Å². The van der Waals surface area contributed by atoms with Crippen LogP contribution < -0.4 is 15.1 Å². The molecule has 0 unspecified atom stereocenters. The summed E-state index contributed by atoms with van der Waals surface area (Å²) in [4.78, 5) is 13.5. The van der Waals surface area contributed by atoms with Gasteiger partial charge in [0.25, 0.3) is 8.32 Å². The van der Waals surface area contributed by atoms with E-state index in [1.165, 1.54) is 10.4 Å². The Kier molecular flexibility index (Phi) is 22.2. The number of carbonyl (C=O) groups is 1. The van der Waals surface area contributed by atoms with Crippen molar-refractivity contribution < 1.29 is 37.7 Å². The maximum absolute atomic E-state index is 13.5. The van der Waals surface area contributed by atoms with Crippen molar-refractivity contribution in [3.05, 3.63) is 126 Å². The molecule has 64 heavy (non-hydrogen) atoms. The highest BCUT2D eigenvalue weighted by Crippen LogP contribution is 2.37. The first kappa shape index (κ1) is 52.7. The highest BCUT2D eigenvalue weighted by molar-refractivity contribution is 6.99. The van der Waals surface area contributed by atoms with E-state index in [1.54, 1.807) is 14.2 Å². The van der Waals surface area contributed by atoms with Gasteiger partial charge in [-0.05, 0) is 63.2 Å². The molecule has 0 aliphatic carbocycles. The predicted molar refractivity (Wildman–Crippen MR) is 265 cm³/mol. The van der Waals surface area contributed by atoms with Gasteiger partial charge >= 0.3 is 0 Å². The minimum absolute atomic E-state index is 0.0300. The van der Waals surface area contributed by atoms with Gasteiger partial charge in [0, 0.05) is 45.3 Å². The standard InChI is InChI=1S/C54H76O8Si2/c1-10-63(11-2,12-3)62-48(42-61-64(54(5,6)7,49-28-18-14-19-29-49)50-30-20-15-21-31-50)38-47(58-9)27-23-22-24-43(4)51(55)39-52(56)53(36-37-59-40-44-25-16-13-17-26-44)60-41-45-32-34-46(57-8)35-33-45/h13-21,25-26,28-35,43,47-48,52-53,56H,10-12,24,27,36-42H2,1-9H3/t43-,47+,48-,52-,53-/m0/s1. The Bertz CT molecular complexity index is 1910. The van der Waals surface area contributed by atoms with Crippen LogP contribution in [0.25, 0.3) is 0 Å². The zero-order valence-electron chi connectivity index (χ0n) is 40.1. The van der Waals surface area contributed by atoms with Crippen molar-refractivity contribution in [2.75, 3.05) is 27.4 Å². The van der Waals surface area contributed by atoms with E-state index in [-0.39, 0.29) is 42.0 Å². The monoisotopic (exact) mass is 909 g/mol. The number of ketones is 1. The molecule has 10 heteroatoms. The number of hydrogen-bond donors (Lipinski definition) is 1. The summed E-state index contributed by atoms with van der Waals surface area (Å²) >= 11 is 0. The van der Waals surface area contributed by atoms with E-state index in [0.29, 0.717) is 45.5 Å². The van der Waals surface area contributed by atoms with Crippen LogP contribution in [0.15, 0.2) is 115 Å². The van der Waals surface area contributed by atoms with Gasteiger partial charge in [0.05, 0.1) is 51.3 Å². The summed E-state index contributed by atoms with van der Waals surface area (Å²) in [6, 6.07) is 42.2. The van der Waals surface area contributed by atoms with E-state index >= 15 is 0 Å². The van der Waals surface area contributed by atoms with Crippen LogP contribution in [0.4, 0.5) is 0 Å². The second-order valence-corrected chi connectivity index (χ2v) is 27.0. The fraction of sp³-hybridized carbons (Fsp3) is 0.500. The van der Waals surface area contributed by atoms with Gasteiger partial charge in [0.1, 0.15) is 11.5 Å². The zero-order valence-corrected chi connectivity index (χ0v) is 42.1. The summed E-state index contributed by atoms with van der Waals surface area (Å²) in [5.41, 5.74) is 2.02. The number of hydrogen-bond acceptors (Lipinski definition) is 8. The second kappa shape index (κ2) is 26.9. The van der Waals surface area contributed by atoms with Gasteiger partial charge < -0.3 is 32.9 Å². The SMILES string of the molecule is CC[Si](CC)(CC)O[C@H](CO[Si](c1ccccc1)(c1ccccc1)C(C)(C)C)C[C@@H](CC#CC[C@H](C)C(=O)C[C@H](O)[C@H](CCOCc1ccccc1)OCc1ccc(OC)cc1)OC. The highest BCUT2D eigenvalue weighted by atomic mass is 28.4. The third kappa shape index (κ3) is 15.6. The van der Waals surface area contributed by atoms with Crippen LogP contribution in [0, 0.1) is 17.8 Å². The molecule has 0 spiro atoms. The summed E-state index contributed by atoms with van der Waals surface area (Å²) < 4.78 is 38.2. The molecular formula is C54H76O8Si2. The normalized spacial score (nSPS) is 14.5. The van der Waals surface area contributed by atoms with Gasteiger partial charge in [-0.2, -0.15) is 0 Å². The minimum atomic E-state index is -2.80. The molecular weight excluding hydrogens is 833 g/mol. The Morgan fingerprint density at radius 1 is 0.719 bits per heavy atom. The van der Waals surface area contributed by atoms with Crippen molar-refractivity contribution in [2.45, 2.75) is 141 Å². The fourth-order valence-corrected chi connectivity index (χ4v) is 15.8.